The number of aliphatic hydroxyl groups is 1. The largest absolute Gasteiger partial charge is 0.460 e. The lowest BCUT2D eigenvalue weighted by atomic mass is 9.80. The lowest BCUT2D eigenvalue weighted by Crippen LogP contribution is -2.46. The van der Waals surface area contributed by atoms with Crippen LogP contribution in [0.1, 0.15) is 37.7 Å². The molecule has 138 valence electrons. The van der Waals surface area contributed by atoms with E-state index >= 15 is 0 Å². The van der Waals surface area contributed by atoms with E-state index in [1.165, 1.54) is 12.1 Å². The summed E-state index contributed by atoms with van der Waals surface area (Å²) in [5.74, 6) is -5.35. The lowest BCUT2D eigenvalue weighted by molar-refractivity contribution is -0.181. The highest BCUT2D eigenvalue weighted by atomic mass is 19.3. The van der Waals surface area contributed by atoms with Gasteiger partial charge in [0.2, 0.25) is 5.92 Å². The average Bonchev–Trinajstić information content (AvgIpc) is 2.96. The van der Waals surface area contributed by atoms with Crippen LogP contribution in [0, 0.1) is 11.7 Å². The zero-order valence-corrected chi connectivity index (χ0v) is 13.8. The summed E-state index contributed by atoms with van der Waals surface area (Å²) in [5, 5.41) is 14.3. The topological polar surface area (TPSA) is 58.6 Å². The van der Waals surface area contributed by atoms with Crippen molar-refractivity contribution in [3.05, 3.63) is 35.6 Å². The van der Waals surface area contributed by atoms with E-state index in [1.807, 2.05) is 0 Å². The molecule has 1 saturated heterocycles. The lowest BCUT2D eigenvalue weighted by Gasteiger charge is -2.34. The molecule has 2 fully saturated rings. The first-order valence-electron chi connectivity index (χ1n) is 8.59. The molecule has 0 aromatic heterocycles. The summed E-state index contributed by atoms with van der Waals surface area (Å²) in [4.78, 5) is 12.8. The van der Waals surface area contributed by atoms with Crippen molar-refractivity contribution in [2.24, 2.45) is 5.92 Å². The van der Waals surface area contributed by atoms with Gasteiger partial charge in [0, 0.05) is 18.8 Å². The third-order valence-corrected chi connectivity index (χ3v) is 5.15. The van der Waals surface area contributed by atoms with E-state index < -0.39 is 35.6 Å². The van der Waals surface area contributed by atoms with E-state index in [0.29, 0.717) is 25.9 Å². The maximum absolute atomic E-state index is 13.7. The van der Waals surface area contributed by atoms with Crippen molar-refractivity contribution in [1.29, 1.82) is 0 Å². The van der Waals surface area contributed by atoms with Crippen LogP contribution in [0.3, 0.4) is 0 Å². The fraction of sp³-hybridized carbons (Fsp3) is 0.611. The molecule has 0 amide bonds. The summed E-state index contributed by atoms with van der Waals surface area (Å²) in [6, 6.07) is 4.72. The van der Waals surface area contributed by atoms with Crippen molar-refractivity contribution in [3.8, 4) is 0 Å². The van der Waals surface area contributed by atoms with Crippen molar-refractivity contribution < 1.29 is 27.8 Å². The second kappa shape index (κ2) is 6.96. The van der Waals surface area contributed by atoms with Crippen LogP contribution < -0.4 is 5.32 Å². The molecule has 0 unspecified atom stereocenters. The maximum Gasteiger partial charge on any atom is 0.343 e. The van der Waals surface area contributed by atoms with Crippen LogP contribution in [-0.2, 0) is 15.1 Å². The average molecular weight is 357 g/mol. The van der Waals surface area contributed by atoms with Gasteiger partial charge in [-0.1, -0.05) is 12.1 Å². The number of rotatable bonds is 4. The summed E-state index contributed by atoms with van der Waals surface area (Å²) in [6.07, 6.45) is -0.132. The number of halogens is 3. The van der Waals surface area contributed by atoms with Gasteiger partial charge in [-0.05, 0) is 50.0 Å². The van der Waals surface area contributed by atoms with Crippen molar-refractivity contribution >= 4 is 5.97 Å². The van der Waals surface area contributed by atoms with Gasteiger partial charge in [0.1, 0.15) is 11.9 Å². The molecule has 1 saturated carbocycles. The second-order valence-electron chi connectivity index (χ2n) is 6.92. The molecule has 2 atom stereocenters. The molecule has 1 aliphatic heterocycles. The Kier molecular flexibility index (Phi) is 5.06. The zero-order chi connectivity index (χ0) is 18.1. The quantitative estimate of drug-likeness (QED) is 0.814. The van der Waals surface area contributed by atoms with Gasteiger partial charge in [-0.3, -0.25) is 0 Å². The van der Waals surface area contributed by atoms with Gasteiger partial charge < -0.3 is 15.2 Å². The van der Waals surface area contributed by atoms with Gasteiger partial charge in [0.15, 0.2) is 5.60 Å². The molecular formula is C18H22F3NO3. The minimum atomic E-state index is -2.92. The smallest absolute Gasteiger partial charge is 0.343 e. The number of piperidine rings is 1. The first-order valence-corrected chi connectivity index (χ1v) is 8.59. The molecule has 0 spiro atoms. The molecular weight excluding hydrogens is 335 g/mol. The Morgan fingerprint density at radius 3 is 2.40 bits per heavy atom. The van der Waals surface area contributed by atoms with Crippen molar-refractivity contribution in [2.75, 3.05) is 13.1 Å². The van der Waals surface area contributed by atoms with E-state index in [-0.39, 0.29) is 24.5 Å². The van der Waals surface area contributed by atoms with Gasteiger partial charge in [0.25, 0.3) is 0 Å². The Labute approximate surface area is 144 Å². The number of benzene rings is 1. The van der Waals surface area contributed by atoms with E-state index in [1.54, 1.807) is 0 Å². The van der Waals surface area contributed by atoms with Crippen LogP contribution in [0.5, 0.6) is 0 Å². The number of carbonyl (C=O) groups is 1. The number of esters is 1. The Hall–Kier alpha value is -1.60. The van der Waals surface area contributed by atoms with Crippen molar-refractivity contribution in [1.82, 2.24) is 5.32 Å². The molecule has 1 heterocycles. The van der Waals surface area contributed by atoms with Crippen LogP contribution in [0.2, 0.25) is 0 Å². The molecule has 7 heteroatoms. The molecule has 0 radical (unpaired) electrons. The number of hydrogen-bond donors (Lipinski definition) is 2. The number of carbonyl (C=O) groups excluding carboxylic acids is 1. The van der Waals surface area contributed by atoms with E-state index in [2.05, 4.69) is 5.32 Å². The van der Waals surface area contributed by atoms with Crippen LogP contribution in [0.15, 0.2) is 24.3 Å². The highest BCUT2D eigenvalue weighted by Crippen LogP contribution is 2.48. The Morgan fingerprint density at radius 2 is 1.84 bits per heavy atom. The minimum Gasteiger partial charge on any atom is -0.460 e. The van der Waals surface area contributed by atoms with Crippen molar-refractivity contribution in [3.63, 3.8) is 0 Å². The zero-order valence-electron chi connectivity index (χ0n) is 13.8. The fourth-order valence-electron chi connectivity index (χ4n) is 3.69. The first-order chi connectivity index (χ1) is 11.8. The molecule has 1 aromatic rings. The fourth-order valence-corrected chi connectivity index (χ4v) is 3.69. The van der Waals surface area contributed by atoms with Gasteiger partial charge in [-0.2, -0.15) is 0 Å². The molecule has 0 bridgehead atoms. The normalized spacial score (nSPS) is 26.2. The highest BCUT2D eigenvalue weighted by Gasteiger charge is 2.54. The third-order valence-electron chi connectivity index (χ3n) is 5.15. The van der Waals surface area contributed by atoms with Gasteiger partial charge in [-0.15, -0.1) is 0 Å². The third kappa shape index (κ3) is 3.82. The maximum atomic E-state index is 13.7. The molecule has 25 heavy (non-hydrogen) atoms. The Balaban J connectivity index is 1.88. The predicted molar refractivity (Wildman–Crippen MR) is 84.6 cm³/mol. The number of alkyl halides is 2. The van der Waals surface area contributed by atoms with Crippen LogP contribution in [0.4, 0.5) is 13.2 Å². The number of hydrogen-bond acceptors (Lipinski definition) is 4. The number of nitrogens with one attached hydrogen (secondary N) is 1. The van der Waals surface area contributed by atoms with Crippen LogP contribution in [0.25, 0.3) is 0 Å². The number of ether oxygens (including phenoxy) is 1. The molecule has 4 nitrogen and oxygen atoms in total. The van der Waals surface area contributed by atoms with Crippen LogP contribution >= 0.6 is 0 Å². The summed E-state index contributed by atoms with van der Waals surface area (Å²) in [6.45, 7) is 1.38. The summed E-state index contributed by atoms with van der Waals surface area (Å²) in [7, 11) is 0. The monoisotopic (exact) mass is 357 g/mol. The Bertz CT molecular complexity index is 616. The SMILES string of the molecule is O=C(OC1CCNCC1)[C@](O)(c1ccc(F)cc1)[C@@H]1CCC(F)(F)C1. The van der Waals surface area contributed by atoms with E-state index in [4.69, 9.17) is 4.74 Å². The molecule has 1 aromatic carbocycles. The standard InChI is InChI=1S/C18H22F3NO3/c19-14-3-1-12(2-4-14)18(24,13-5-8-17(20,21)11-13)16(23)25-15-6-9-22-10-7-15/h1-4,13,15,22,24H,5-11H2/t13-,18+/m1/s1. The highest BCUT2D eigenvalue weighted by molar-refractivity contribution is 5.81. The molecule has 1 aliphatic carbocycles. The summed E-state index contributed by atoms with van der Waals surface area (Å²) in [5.41, 5.74) is -2.10. The van der Waals surface area contributed by atoms with Crippen LogP contribution in [-0.4, -0.2) is 36.2 Å². The second-order valence-corrected chi connectivity index (χ2v) is 6.92. The summed E-state index contributed by atoms with van der Waals surface area (Å²) < 4.78 is 46.1. The molecule has 2 N–H and O–H groups in total. The predicted octanol–water partition coefficient (Wildman–Crippen LogP) is 2.74. The van der Waals surface area contributed by atoms with E-state index in [0.717, 1.165) is 12.1 Å². The van der Waals surface area contributed by atoms with Gasteiger partial charge in [0.05, 0.1) is 0 Å². The van der Waals surface area contributed by atoms with Crippen molar-refractivity contribution in [2.45, 2.75) is 49.7 Å². The minimum absolute atomic E-state index is 0.00218. The van der Waals surface area contributed by atoms with E-state index in [9.17, 15) is 23.1 Å². The Morgan fingerprint density at radius 1 is 1.20 bits per heavy atom. The van der Waals surface area contributed by atoms with Gasteiger partial charge in [-0.25, -0.2) is 18.0 Å². The van der Waals surface area contributed by atoms with Gasteiger partial charge >= 0.3 is 5.97 Å². The first kappa shape index (κ1) is 18.2. The summed E-state index contributed by atoms with van der Waals surface area (Å²) >= 11 is 0. The molecule has 3 rings (SSSR count). The molecule has 2 aliphatic rings.